The number of carbonyl (C=O) groups excluding carboxylic acids is 2. The maximum atomic E-state index is 12.7. The minimum atomic E-state index is 0.0776. The molecule has 1 aliphatic heterocycles. The first-order valence-electron chi connectivity index (χ1n) is 7.56. The maximum absolute atomic E-state index is 12.7. The topological polar surface area (TPSA) is 37.4 Å². The van der Waals surface area contributed by atoms with Crippen LogP contribution in [-0.2, 0) is 9.59 Å². The molecular formula is C15H21NO2. The first kappa shape index (κ1) is 11.0. The van der Waals surface area contributed by atoms with Crippen LogP contribution in [0.25, 0.3) is 0 Å². The van der Waals surface area contributed by atoms with Crippen LogP contribution in [0.15, 0.2) is 0 Å². The summed E-state index contributed by atoms with van der Waals surface area (Å²) >= 11 is 0. The van der Waals surface area contributed by atoms with Gasteiger partial charge < -0.3 is 0 Å². The number of rotatable bonds is 1. The molecule has 5 rings (SSSR count). The number of carbonyl (C=O) groups is 2. The average Bonchev–Trinajstić information content (AvgIpc) is 2.73. The second-order valence-corrected chi connectivity index (χ2v) is 6.94. The van der Waals surface area contributed by atoms with Crippen LogP contribution in [0, 0.1) is 29.6 Å². The summed E-state index contributed by atoms with van der Waals surface area (Å²) < 4.78 is 0. The Balaban J connectivity index is 1.57. The van der Waals surface area contributed by atoms with Crippen molar-refractivity contribution >= 4 is 11.8 Å². The molecule has 3 nitrogen and oxygen atoms in total. The van der Waals surface area contributed by atoms with Crippen LogP contribution in [-0.4, -0.2) is 23.3 Å². The predicted octanol–water partition coefficient (Wildman–Crippen LogP) is 2.21. The van der Waals surface area contributed by atoms with Gasteiger partial charge in [-0.25, -0.2) is 0 Å². The smallest absolute Gasteiger partial charge is 0.232 e. The highest BCUT2D eigenvalue weighted by Crippen LogP contribution is 2.56. The zero-order valence-corrected chi connectivity index (χ0v) is 10.8. The summed E-state index contributed by atoms with van der Waals surface area (Å²) in [6.07, 6.45) is 7.89. The molecule has 5 aliphatic rings. The van der Waals surface area contributed by atoms with Crippen molar-refractivity contribution in [3.05, 3.63) is 0 Å². The normalized spacial score (nSPS) is 45.9. The Morgan fingerprint density at radius 1 is 1.00 bits per heavy atom. The summed E-state index contributed by atoms with van der Waals surface area (Å²) in [6.45, 7) is 0.681. The van der Waals surface area contributed by atoms with Gasteiger partial charge in [0.25, 0.3) is 0 Å². The Morgan fingerprint density at radius 3 is 2.11 bits per heavy atom. The average molecular weight is 247 g/mol. The van der Waals surface area contributed by atoms with Gasteiger partial charge in [-0.3, -0.25) is 14.5 Å². The highest BCUT2D eigenvalue weighted by molar-refractivity contribution is 5.98. The minimum Gasteiger partial charge on any atom is -0.282 e. The van der Waals surface area contributed by atoms with Crippen LogP contribution in [0.5, 0.6) is 0 Å². The lowest BCUT2D eigenvalue weighted by Crippen LogP contribution is -2.52. The first-order valence-corrected chi connectivity index (χ1v) is 7.56. The molecule has 1 saturated heterocycles. The van der Waals surface area contributed by atoms with E-state index in [0.717, 1.165) is 18.3 Å². The zero-order chi connectivity index (χ0) is 12.3. The largest absolute Gasteiger partial charge is 0.282 e. The van der Waals surface area contributed by atoms with E-state index in [1.165, 1.54) is 32.1 Å². The zero-order valence-electron chi connectivity index (χ0n) is 10.8. The van der Waals surface area contributed by atoms with Crippen molar-refractivity contribution in [3.8, 4) is 0 Å². The van der Waals surface area contributed by atoms with Gasteiger partial charge in [0.2, 0.25) is 11.8 Å². The van der Waals surface area contributed by atoms with Crippen molar-refractivity contribution in [3.63, 3.8) is 0 Å². The van der Waals surface area contributed by atoms with Gasteiger partial charge in [-0.2, -0.15) is 0 Å². The minimum absolute atomic E-state index is 0.0776. The van der Waals surface area contributed by atoms with Gasteiger partial charge in [-0.1, -0.05) is 0 Å². The van der Waals surface area contributed by atoms with Crippen LogP contribution >= 0.6 is 0 Å². The molecule has 0 atom stereocenters. The number of hydrogen-bond acceptors (Lipinski definition) is 2. The SMILES string of the molecule is O=C1CCCN1C(=O)C1C2CC3CC(C2)CC1C3. The molecule has 0 spiro atoms. The molecule has 0 aromatic carbocycles. The molecule has 5 fully saturated rings. The van der Waals surface area contributed by atoms with Crippen molar-refractivity contribution < 1.29 is 9.59 Å². The quantitative estimate of drug-likeness (QED) is 0.666. The van der Waals surface area contributed by atoms with Crippen LogP contribution in [0.2, 0.25) is 0 Å². The molecule has 2 amide bonds. The first-order chi connectivity index (χ1) is 8.72. The lowest BCUT2D eigenvalue weighted by molar-refractivity contribution is -0.154. The number of nitrogens with zero attached hydrogens (tertiary/aromatic N) is 1. The Bertz CT molecular complexity index is 375. The number of amides is 2. The molecule has 0 aromatic heterocycles. The van der Waals surface area contributed by atoms with Gasteiger partial charge in [-0.05, 0) is 62.2 Å². The Hall–Kier alpha value is -0.860. The van der Waals surface area contributed by atoms with Crippen LogP contribution in [0.1, 0.15) is 44.9 Å². The summed E-state index contributed by atoms with van der Waals surface area (Å²) in [4.78, 5) is 26.0. The molecule has 18 heavy (non-hydrogen) atoms. The molecule has 3 heteroatoms. The van der Waals surface area contributed by atoms with E-state index in [-0.39, 0.29) is 17.7 Å². The lowest BCUT2D eigenvalue weighted by Gasteiger charge is -2.54. The van der Waals surface area contributed by atoms with Crippen molar-refractivity contribution in [1.82, 2.24) is 4.90 Å². The van der Waals surface area contributed by atoms with Gasteiger partial charge in [0.1, 0.15) is 0 Å². The molecule has 0 N–H and O–H groups in total. The predicted molar refractivity (Wildman–Crippen MR) is 66.5 cm³/mol. The highest BCUT2D eigenvalue weighted by atomic mass is 16.2. The fourth-order valence-corrected chi connectivity index (χ4v) is 5.39. The molecule has 4 bridgehead atoms. The van der Waals surface area contributed by atoms with E-state index >= 15 is 0 Å². The van der Waals surface area contributed by atoms with Gasteiger partial charge in [0, 0.05) is 18.9 Å². The van der Waals surface area contributed by atoms with E-state index in [1.54, 1.807) is 4.90 Å². The third-order valence-electron chi connectivity index (χ3n) is 5.85. The second-order valence-electron chi connectivity index (χ2n) is 6.94. The second kappa shape index (κ2) is 3.82. The molecule has 4 aliphatic carbocycles. The fraction of sp³-hybridized carbons (Fsp3) is 0.867. The Kier molecular flexibility index (Phi) is 2.33. The fourth-order valence-electron chi connectivity index (χ4n) is 5.39. The summed E-state index contributed by atoms with van der Waals surface area (Å²) in [7, 11) is 0. The summed E-state index contributed by atoms with van der Waals surface area (Å²) in [5.41, 5.74) is 0. The van der Waals surface area contributed by atoms with Crippen LogP contribution in [0.4, 0.5) is 0 Å². The van der Waals surface area contributed by atoms with E-state index in [4.69, 9.17) is 0 Å². The lowest BCUT2D eigenvalue weighted by atomic mass is 9.51. The van der Waals surface area contributed by atoms with Crippen molar-refractivity contribution in [1.29, 1.82) is 0 Å². The third-order valence-corrected chi connectivity index (χ3v) is 5.85. The van der Waals surface area contributed by atoms with Crippen molar-refractivity contribution in [2.24, 2.45) is 29.6 Å². The van der Waals surface area contributed by atoms with Gasteiger partial charge in [0.15, 0.2) is 0 Å². The Labute approximate surface area is 108 Å². The van der Waals surface area contributed by atoms with Gasteiger partial charge >= 0.3 is 0 Å². The molecule has 0 radical (unpaired) electrons. The van der Waals surface area contributed by atoms with Crippen LogP contribution < -0.4 is 0 Å². The molecule has 4 saturated carbocycles. The third kappa shape index (κ3) is 1.49. The molecule has 0 unspecified atom stereocenters. The van der Waals surface area contributed by atoms with E-state index in [0.29, 0.717) is 24.8 Å². The number of likely N-dealkylation sites (tertiary alicyclic amines) is 1. The summed E-state index contributed by atoms with van der Waals surface area (Å²) in [6, 6.07) is 0. The van der Waals surface area contributed by atoms with E-state index in [1.807, 2.05) is 0 Å². The van der Waals surface area contributed by atoms with Crippen molar-refractivity contribution in [2.75, 3.05) is 6.54 Å². The molecule has 98 valence electrons. The summed E-state index contributed by atoms with van der Waals surface area (Å²) in [5, 5.41) is 0. The van der Waals surface area contributed by atoms with Gasteiger partial charge in [-0.15, -0.1) is 0 Å². The molecular weight excluding hydrogens is 226 g/mol. The standard InChI is InChI=1S/C15H21NO2/c17-13-2-1-3-16(13)15(18)14-11-5-9-4-10(7-11)8-12(14)6-9/h9-12,14H,1-8H2. The molecule has 0 aromatic rings. The van der Waals surface area contributed by atoms with E-state index in [2.05, 4.69) is 0 Å². The number of imide groups is 1. The Morgan fingerprint density at radius 2 is 1.61 bits per heavy atom. The van der Waals surface area contributed by atoms with E-state index < -0.39 is 0 Å². The molecule has 1 heterocycles. The van der Waals surface area contributed by atoms with Crippen LogP contribution in [0.3, 0.4) is 0 Å². The summed E-state index contributed by atoms with van der Waals surface area (Å²) in [5.74, 6) is 3.45. The highest BCUT2D eigenvalue weighted by Gasteiger charge is 2.52. The number of hydrogen-bond donors (Lipinski definition) is 0. The maximum Gasteiger partial charge on any atom is 0.232 e. The van der Waals surface area contributed by atoms with Gasteiger partial charge in [0.05, 0.1) is 0 Å². The van der Waals surface area contributed by atoms with E-state index in [9.17, 15) is 9.59 Å². The monoisotopic (exact) mass is 247 g/mol. The van der Waals surface area contributed by atoms with Crippen molar-refractivity contribution in [2.45, 2.75) is 44.9 Å².